The van der Waals surface area contributed by atoms with Crippen LogP contribution in [0.1, 0.15) is 26.1 Å². The van der Waals surface area contributed by atoms with Crippen molar-refractivity contribution >= 4 is 16.8 Å². The highest BCUT2D eigenvalue weighted by Crippen LogP contribution is 2.19. The second-order valence-electron chi connectivity index (χ2n) is 6.25. The van der Waals surface area contributed by atoms with Crippen molar-refractivity contribution < 1.29 is 9.53 Å². The summed E-state index contributed by atoms with van der Waals surface area (Å²) in [5, 5.41) is 3.33. The number of ether oxygens (including phenoxy) is 1. The smallest absolute Gasteiger partial charge is 0.261 e. The number of benzene rings is 1. The number of hydrogen-bond donors (Lipinski definition) is 1. The Morgan fingerprint density at radius 2 is 2.26 bits per heavy atom. The molecule has 1 aromatic heterocycles. The maximum atomic E-state index is 12.5. The number of amides is 1. The summed E-state index contributed by atoms with van der Waals surface area (Å²) in [7, 11) is 0. The van der Waals surface area contributed by atoms with Crippen LogP contribution in [0.25, 0.3) is 10.9 Å². The summed E-state index contributed by atoms with van der Waals surface area (Å²) in [5.41, 5.74) is 0.650. The maximum absolute atomic E-state index is 12.5. The lowest BCUT2D eigenvalue weighted by Crippen LogP contribution is -2.31. The molecule has 0 aliphatic carbocycles. The van der Waals surface area contributed by atoms with Crippen LogP contribution in [0.5, 0.6) is 5.75 Å². The molecule has 1 aromatic carbocycles. The van der Waals surface area contributed by atoms with Gasteiger partial charge in [0, 0.05) is 19.5 Å². The zero-order valence-corrected chi connectivity index (χ0v) is 13.5. The highest BCUT2D eigenvalue weighted by molar-refractivity contribution is 5.80. The zero-order valence-electron chi connectivity index (χ0n) is 13.5. The van der Waals surface area contributed by atoms with Gasteiger partial charge in [-0.05, 0) is 30.5 Å². The van der Waals surface area contributed by atoms with Crippen molar-refractivity contribution in [1.29, 1.82) is 0 Å². The summed E-state index contributed by atoms with van der Waals surface area (Å²) in [6, 6.07) is 5.19. The summed E-state index contributed by atoms with van der Waals surface area (Å²) in [4.78, 5) is 28.7. The van der Waals surface area contributed by atoms with Crippen LogP contribution in [0.3, 0.4) is 0 Å². The predicted molar refractivity (Wildman–Crippen MR) is 87.7 cm³/mol. The minimum Gasteiger partial charge on any atom is -0.484 e. The van der Waals surface area contributed by atoms with E-state index in [1.165, 1.54) is 0 Å². The van der Waals surface area contributed by atoms with E-state index in [0.29, 0.717) is 29.1 Å². The molecule has 0 radical (unpaired) electrons. The lowest BCUT2D eigenvalue weighted by Gasteiger charge is -2.10. The molecule has 0 unspecified atom stereocenters. The van der Waals surface area contributed by atoms with Crippen molar-refractivity contribution in [3.8, 4) is 5.75 Å². The molecule has 0 spiro atoms. The summed E-state index contributed by atoms with van der Waals surface area (Å²) < 4.78 is 7.22. The van der Waals surface area contributed by atoms with Gasteiger partial charge in [0.1, 0.15) is 11.6 Å². The molecule has 2 heterocycles. The van der Waals surface area contributed by atoms with Crippen LogP contribution in [0.4, 0.5) is 0 Å². The number of rotatable bonds is 5. The molecular weight excluding hydrogens is 294 g/mol. The van der Waals surface area contributed by atoms with E-state index in [-0.39, 0.29) is 18.1 Å². The predicted octanol–water partition coefficient (Wildman–Crippen LogP) is 1.49. The van der Waals surface area contributed by atoms with Gasteiger partial charge in [-0.1, -0.05) is 13.8 Å². The Balaban J connectivity index is 1.76. The minimum absolute atomic E-state index is 0.0304. The Morgan fingerprint density at radius 3 is 3.04 bits per heavy atom. The van der Waals surface area contributed by atoms with Crippen LogP contribution in [0, 0.1) is 5.92 Å². The molecule has 6 heteroatoms. The minimum atomic E-state index is -0.164. The van der Waals surface area contributed by atoms with Gasteiger partial charge >= 0.3 is 0 Å². The molecule has 1 N–H and O–H groups in total. The summed E-state index contributed by atoms with van der Waals surface area (Å²) in [6.45, 7) is 5.35. The summed E-state index contributed by atoms with van der Waals surface area (Å²) in [6.07, 6.45) is 1.80. The second-order valence-corrected chi connectivity index (χ2v) is 6.25. The first-order valence-corrected chi connectivity index (χ1v) is 7.97. The number of aromatic nitrogens is 2. The van der Waals surface area contributed by atoms with E-state index >= 15 is 0 Å². The zero-order chi connectivity index (χ0) is 16.4. The highest BCUT2D eigenvalue weighted by atomic mass is 16.5. The highest BCUT2D eigenvalue weighted by Gasteiger charge is 2.16. The Labute approximate surface area is 134 Å². The largest absolute Gasteiger partial charge is 0.484 e. The molecule has 122 valence electrons. The van der Waals surface area contributed by atoms with Gasteiger partial charge in [-0.3, -0.25) is 14.2 Å². The van der Waals surface area contributed by atoms with Gasteiger partial charge in [0.25, 0.3) is 11.5 Å². The average molecular weight is 315 g/mol. The Morgan fingerprint density at radius 1 is 1.43 bits per heavy atom. The van der Waals surface area contributed by atoms with Crippen LogP contribution in [-0.4, -0.2) is 28.6 Å². The molecule has 0 saturated heterocycles. The Kier molecular flexibility index (Phi) is 4.32. The normalized spacial score (nSPS) is 13.3. The third kappa shape index (κ3) is 3.36. The molecule has 1 aliphatic heterocycles. The molecule has 0 fully saturated rings. The SMILES string of the molecule is CC(C)CNC(=O)COc1ccc2nc3n(c(=O)c2c1)CCC3. The first kappa shape index (κ1) is 15.5. The van der Waals surface area contributed by atoms with Gasteiger partial charge in [-0.25, -0.2) is 4.98 Å². The monoisotopic (exact) mass is 315 g/mol. The topological polar surface area (TPSA) is 73.2 Å². The van der Waals surface area contributed by atoms with Crippen molar-refractivity contribution in [2.24, 2.45) is 5.92 Å². The van der Waals surface area contributed by atoms with Gasteiger partial charge in [0.15, 0.2) is 6.61 Å². The maximum Gasteiger partial charge on any atom is 0.261 e. The number of nitrogens with one attached hydrogen (secondary N) is 1. The van der Waals surface area contributed by atoms with E-state index in [1.54, 1.807) is 22.8 Å². The van der Waals surface area contributed by atoms with Crippen molar-refractivity contribution in [3.63, 3.8) is 0 Å². The van der Waals surface area contributed by atoms with Gasteiger partial charge < -0.3 is 10.1 Å². The fourth-order valence-electron chi connectivity index (χ4n) is 2.67. The van der Waals surface area contributed by atoms with Gasteiger partial charge in [0.05, 0.1) is 10.9 Å². The molecule has 6 nitrogen and oxygen atoms in total. The van der Waals surface area contributed by atoms with Crippen molar-refractivity contribution in [2.45, 2.75) is 33.2 Å². The third-order valence-corrected chi connectivity index (χ3v) is 3.86. The van der Waals surface area contributed by atoms with Gasteiger partial charge in [-0.15, -0.1) is 0 Å². The van der Waals surface area contributed by atoms with E-state index in [4.69, 9.17) is 4.74 Å². The van der Waals surface area contributed by atoms with E-state index in [2.05, 4.69) is 10.3 Å². The van der Waals surface area contributed by atoms with Crippen molar-refractivity contribution in [2.75, 3.05) is 13.2 Å². The summed E-state index contributed by atoms with van der Waals surface area (Å²) >= 11 is 0. The number of nitrogens with zero attached hydrogens (tertiary/aromatic N) is 2. The quantitative estimate of drug-likeness (QED) is 0.907. The van der Waals surface area contributed by atoms with Crippen LogP contribution < -0.4 is 15.6 Å². The molecule has 0 atom stereocenters. The second kappa shape index (κ2) is 6.40. The lowest BCUT2D eigenvalue weighted by atomic mass is 10.2. The molecule has 1 amide bonds. The van der Waals surface area contributed by atoms with Gasteiger partial charge in [0.2, 0.25) is 0 Å². The van der Waals surface area contributed by atoms with E-state index in [1.807, 2.05) is 13.8 Å². The lowest BCUT2D eigenvalue weighted by molar-refractivity contribution is -0.123. The van der Waals surface area contributed by atoms with E-state index in [9.17, 15) is 9.59 Å². The molecule has 0 bridgehead atoms. The van der Waals surface area contributed by atoms with Crippen molar-refractivity contribution in [3.05, 3.63) is 34.4 Å². The number of hydrogen-bond acceptors (Lipinski definition) is 4. The number of carbonyl (C=O) groups is 1. The average Bonchev–Trinajstić information content (AvgIpc) is 3.00. The van der Waals surface area contributed by atoms with Crippen LogP contribution >= 0.6 is 0 Å². The molecule has 1 aliphatic rings. The molecule has 3 rings (SSSR count). The fourth-order valence-corrected chi connectivity index (χ4v) is 2.67. The molecule has 0 saturated carbocycles. The van der Waals surface area contributed by atoms with Crippen LogP contribution in [0.2, 0.25) is 0 Å². The molecular formula is C17H21N3O3. The third-order valence-electron chi connectivity index (χ3n) is 3.86. The Bertz CT molecular complexity index is 796. The fraction of sp³-hybridized carbons (Fsp3) is 0.471. The summed E-state index contributed by atoms with van der Waals surface area (Å²) in [5.74, 6) is 1.59. The number of aryl methyl sites for hydroxylation is 1. The van der Waals surface area contributed by atoms with E-state index < -0.39 is 0 Å². The standard InChI is InChI=1S/C17H21N3O3/c1-11(2)9-18-16(21)10-23-12-5-6-14-13(8-12)17(22)20-7-3-4-15(20)19-14/h5-6,8,11H,3-4,7,9-10H2,1-2H3,(H,18,21). The van der Waals surface area contributed by atoms with E-state index in [0.717, 1.165) is 25.2 Å². The number of fused-ring (bicyclic) bond motifs is 2. The first-order chi connectivity index (χ1) is 11.0. The number of carbonyl (C=O) groups excluding carboxylic acids is 1. The Hall–Kier alpha value is -2.37. The molecule has 23 heavy (non-hydrogen) atoms. The van der Waals surface area contributed by atoms with Gasteiger partial charge in [-0.2, -0.15) is 0 Å². The van der Waals surface area contributed by atoms with Crippen LogP contribution in [-0.2, 0) is 17.8 Å². The molecule has 2 aromatic rings. The van der Waals surface area contributed by atoms with Crippen molar-refractivity contribution in [1.82, 2.24) is 14.9 Å². The van der Waals surface area contributed by atoms with Crippen LogP contribution in [0.15, 0.2) is 23.0 Å². The first-order valence-electron chi connectivity index (χ1n) is 7.97.